The summed E-state index contributed by atoms with van der Waals surface area (Å²) in [5.41, 5.74) is 0. The van der Waals surface area contributed by atoms with Crippen molar-refractivity contribution in [3.8, 4) is 0 Å². The number of carbonyl (C=O) groups excluding carboxylic acids is 2. The highest BCUT2D eigenvalue weighted by atomic mass is 16.6. The molecule has 0 spiro atoms. The third kappa shape index (κ3) is 38.9. The molecule has 292 valence electrons. The molecule has 0 aromatic carbocycles. The summed E-state index contributed by atoms with van der Waals surface area (Å²) < 4.78 is 17.2. The molecule has 0 fully saturated rings. The van der Waals surface area contributed by atoms with E-state index in [0.29, 0.717) is 19.4 Å². The van der Waals surface area contributed by atoms with Gasteiger partial charge >= 0.3 is 11.9 Å². The van der Waals surface area contributed by atoms with E-state index in [9.17, 15) is 9.59 Å². The van der Waals surface area contributed by atoms with E-state index in [4.69, 9.17) is 14.2 Å². The molecule has 1 atom stereocenters. The third-order valence-electron chi connectivity index (χ3n) is 9.19. The topological polar surface area (TPSA) is 61.8 Å². The standard InChI is InChI=1S/C45H82O5/c1-4-7-10-13-16-19-20-21-22-23-24-25-26-28-29-32-35-38-44(46)49-42-43(41-48-40-37-34-31-18-15-12-9-6-3)50-45(47)39-36-33-30-27-17-14-11-8-5-2/h7,10,16,19,21-22,43H,4-6,8-9,11-15,17-18,20,23-42H2,1-3H3/b10-7-,19-16-,22-21-. The first-order valence-corrected chi connectivity index (χ1v) is 21.5. The molecule has 0 aromatic heterocycles. The smallest absolute Gasteiger partial charge is 0.306 e. The van der Waals surface area contributed by atoms with Gasteiger partial charge in [-0.1, -0.05) is 186 Å². The molecule has 0 rings (SSSR count). The number of carbonyl (C=O) groups is 2. The summed E-state index contributed by atoms with van der Waals surface area (Å²) in [6, 6.07) is 0. The van der Waals surface area contributed by atoms with Gasteiger partial charge in [-0.05, 0) is 51.4 Å². The first-order chi connectivity index (χ1) is 24.6. The van der Waals surface area contributed by atoms with Crippen molar-refractivity contribution in [3.05, 3.63) is 36.5 Å². The van der Waals surface area contributed by atoms with E-state index in [1.165, 1.54) is 109 Å². The first kappa shape index (κ1) is 48.1. The van der Waals surface area contributed by atoms with Gasteiger partial charge < -0.3 is 14.2 Å². The van der Waals surface area contributed by atoms with Gasteiger partial charge in [0.05, 0.1) is 6.61 Å². The molecule has 0 saturated heterocycles. The van der Waals surface area contributed by atoms with Gasteiger partial charge in [0, 0.05) is 19.4 Å². The summed E-state index contributed by atoms with van der Waals surface area (Å²) in [5.74, 6) is -0.406. The third-order valence-corrected chi connectivity index (χ3v) is 9.19. The first-order valence-electron chi connectivity index (χ1n) is 21.5. The molecule has 0 aliphatic rings. The maximum Gasteiger partial charge on any atom is 0.306 e. The number of allylic oxidation sites excluding steroid dienone is 6. The second-order valence-electron chi connectivity index (χ2n) is 14.2. The Morgan fingerprint density at radius 3 is 1.44 bits per heavy atom. The average Bonchev–Trinajstić information content (AvgIpc) is 3.11. The Labute approximate surface area is 310 Å². The van der Waals surface area contributed by atoms with Gasteiger partial charge in [-0.3, -0.25) is 9.59 Å². The fraction of sp³-hybridized carbons (Fsp3) is 0.822. The van der Waals surface area contributed by atoms with Gasteiger partial charge in [0.15, 0.2) is 6.10 Å². The van der Waals surface area contributed by atoms with Gasteiger partial charge in [0.25, 0.3) is 0 Å². The molecular formula is C45H82O5. The van der Waals surface area contributed by atoms with Crippen LogP contribution in [0.1, 0.15) is 213 Å². The Bertz CT molecular complexity index is 801. The van der Waals surface area contributed by atoms with E-state index in [-0.39, 0.29) is 25.2 Å². The van der Waals surface area contributed by atoms with E-state index in [2.05, 4.69) is 57.2 Å². The van der Waals surface area contributed by atoms with Crippen molar-refractivity contribution in [3.63, 3.8) is 0 Å². The van der Waals surface area contributed by atoms with Crippen LogP contribution in [0.15, 0.2) is 36.5 Å². The monoisotopic (exact) mass is 703 g/mol. The van der Waals surface area contributed by atoms with Crippen molar-refractivity contribution in [2.45, 2.75) is 219 Å². The lowest BCUT2D eigenvalue weighted by molar-refractivity contribution is -0.163. The lowest BCUT2D eigenvalue weighted by atomic mass is 10.1. The zero-order valence-corrected chi connectivity index (χ0v) is 33.4. The highest BCUT2D eigenvalue weighted by Gasteiger charge is 2.17. The van der Waals surface area contributed by atoms with E-state index >= 15 is 0 Å². The van der Waals surface area contributed by atoms with Crippen molar-refractivity contribution in [1.82, 2.24) is 0 Å². The molecule has 0 aliphatic carbocycles. The van der Waals surface area contributed by atoms with Crippen LogP contribution < -0.4 is 0 Å². The van der Waals surface area contributed by atoms with Crippen molar-refractivity contribution in [2.24, 2.45) is 0 Å². The van der Waals surface area contributed by atoms with Crippen LogP contribution >= 0.6 is 0 Å². The van der Waals surface area contributed by atoms with Gasteiger partial charge in [-0.2, -0.15) is 0 Å². The maximum atomic E-state index is 12.6. The van der Waals surface area contributed by atoms with Crippen molar-refractivity contribution in [1.29, 1.82) is 0 Å². The Balaban J connectivity index is 4.14. The molecule has 0 aromatic rings. The molecule has 0 amide bonds. The van der Waals surface area contributed by atoms with Gasteiger partial charge in [0.2, 0.25) is 0 Å². The molecule has 5 heteroatoms. The Morgan fingerprint density at radius 1 is 0.460 bits per heavy atom. The fourth-order valence-electron chi connectivity index (χ4n) is 5.99. The van der Waals surface area contributed by atoms with Crippen LogP contribution in [0.5, 0.6) is 0 Å². The highest BCUT2D eigenvalue weighted by molar-refractivity contribution is 5.70. The Hall–Kier alpha value is -1.88. The summed E-state index contributed by atoms with van der Waals surface area (Å²) in [6.45, 7) is 7.68. The molecule has 1 unspecified atom stereocenters. The molecule has 0 heterocycles. The van der Waals surface area contributed by atoms with Crippen LogP contribution in [0.4, 0.5) is 0 Å². The summed E-state index contributed by atoms with van der Waals surface area (Å²) in [6.07, 6.45) is 47.1. The zero-order valence-electron chi connectivity index (χ0n) is 33.4. The summed E-state index contributed by atoms with van der Waals surface area (Å²) in [7, 11) is 0. The van der Waals surface area contributed by atoms with Crippen LogP contribution in [0.25, 0.3) is 0 Å². The van der Waals surface area contributed by atoms with Crippen LogP contribution in [-0.2, 0) is 23.8 Å². The Morgan fingerprint density at radius 2 is 0.900 bits per heavy atom. The summed E-state index contributed by atoms with van der Waals surface area (Å²) in [4.78, 5) is 25.1. The summed E-state index contributed by atoms with van der Waals surface area (Å²) in [5, 5.41) is 0. The predicted molar refractivity (Wildman–Crippen MR) is 215 cm³/mol. The lowest BCUT2D eigenvalue weighted by Gasteiger charge is -2.18. The lowest BCUT2D eigenvalue weighted by Crippen LogP contribution is -2.30. The van der Waals surface area contributed by atoms with Crippen LogP contribution in [-0.4, -0.2) is 37.9 Å². The van der Waals surface area contributed by atoms with E-state index in [1.807, 2.05) is 0 Å². The van der Waals surface area contributed by atoms with Gasteiger partial charge in [-0.15, -0.1) is 0 Å². The second kappa shape index (κ2) is 41.5. The number of esters is 2. The molecule has 50 heavy (non-hydrogen) atoms. The van der Waals surface area contributed by atoms with Crippen LogP contribution in [0.2, 0.25) is 0 Å². The molecular weight excluding hydrogens is 620 g/mol. The average molecular weight is 703 g/mol. The van der Waals surface area contributed by atoms with Gasteiger partial charge in [-0.25, -0.2) is 0 Å². The largest absolute Gasteiger partial charge is 0.462 e. The second-order valence-corrected chi connectivity index (χ2v) is 14.2. The van der Waals surface area contributed by atoms with Crippen molar-refractivity contribution in [2.75, 3.05) is 19.8 Å². The van der Waals surface area contributed by atoms with Gasteiger partial charge in [0.1, 0.15) is 6.61 Å². The molecule has 0 radical (unpaired) electrons. The van der Waals surface area contributed by atoms with E-state index in [1.54, 1.807) is 0 Å². The number of rotatable bonds is 39. The highest BCUT2D eigenvalue weighted by Crippen LogP contribution is 2.14. The van der Waals surface area contributed by atoms with Crippen molar-refractivity contribution < 1.29 is 23.8 Å². The van der Waals surface area contributed by atoms with Crippen LogP contribution in [0.3, 0.4) is 0 Å². The minimum Gasteiger partial charge on any atom is -0.462 e. The SMILES string of the molecule is CC/C=C\C/C=C\C/C=C\CCCCCCCCCC(=O)OCC(COCCCCCCCCCC)OC(=O)CCCCCCCCCCC. The van der Waals surface area contributed by atoms with E-state index in [0.717, 1.165) is 70.6 Å². The summed E-state index contributed by atoms with van der Waals surface area (Å²) >= 11 is 0. The molecule has 0 bridgehead atoms. The molecule has 5 nitrogen and oxygen atoms in total. The number of hydrogen-bond donors (Lipinski definition) is 0. The fourth-order valence-corrected chi connectivity index (χ4v) is 5.99. The quantitative estimate of drug-likeness (QED) is 0.0362. The number of hydrogen-bond acceptors (Lipinski definition) is 5. The normalized spacial score (nSPS) is 12.5. The van der Waals surface area contributed by atoms with E-state index < -0.39 is 6.10 Å². The van der Waals surface area contributed by atoms with Crippen LogP contribution in [0, 0.1) is 0 Å². The minimum atomic E-state index is -0.529. The minimum absolute atomic E-state index is 0.0841. The Kier molecular flexibility index (Phi) is 40.0. The molecule has 0 aliphatic heterocycles. The maximum absolute atomic E-state index is 12.6. The number of unbranched alkanes of at least 4 members (excludes halogenated alkanes) is 22. The van der Waals surface area contributed by atoms with Crippen molar-refractivity contribution >= 4 is 11.9 Å². The molecule has 0 saturated carbocycles. The number of ether oxygens (including phenoxy) is 3. The zero-order chi connectivity index (χ0) is 36.4. The molecule has 0 N–H and O–H groups in total. The predicted octanol–water partition coefficient (Wildman–Crippen LogP) is 13.9.